The number of benzene rings is 2. The molecule has 0 atom stereocenters. The molecule has 2 rings (SSSR count). The number of anilines is 2. The highest BCUT2D eigenvalue weighted by Crippen LogP contribution is 2.28. The van der Waals surface area contributed by atoms with Crippen LogP contribution in [-0.4, -0.2) is 55.6 Å². The van der Waals surface area contributed by atoms with Gasteiger partial charge in [-0.15, -0.1) is 0 Å². The molecule has 0 radical (unpaired) electrons. The van der Waals surface area contributed by atoms with Crippen LogP contribution in [0, 0.1) is 5.82 Å². The standard InChI is InChI=1S/C20H24FN3O3/c1-4-24(12-11-23(2)3)18-10-7-15(20(26)27)13-17(18)22-19(25)14-5-8-16(21)9-6-14/h5-10,13H,4,11-12H2,1-3H3,(H,22,25)(H,26,27). The summed E-state index contributed by atoms with van der Waals surface area (Å²) in [6, 6.07) is 9.84. The number of aromatic carboxylic acids is 1. The lowest BCUT2D eigenvalue weighted by molar-refractivity contribution is 0.0696. The first-order valence-corrected chi connectivity index (χ1v) is 8.65. The van der Waals surface area contributed by atoms with Gasteiger partial charge in [-0.25, -0.2) is 9.18 Å². The van der Waals surface area contributed by atoms with E-state index in [0.29, 0.717) is 17.8 Å². The second kappa shape index (κ2) is 9.14. The summed E-state index contributed by atoms with van der Waals surface area (Å²) in [7, 11) is 3.94. The van der Waals surface area contributed by atoms with Crippen molar-refractivity contribution >= 4 is 23.3 Å². The van der Waals surface area contributed by atoms with Crippen LogP contribution >= 0.6 is 0 Å². The van der Waals surface area contributed by atoms with Gasteiger partial charge < -0.3 is 20.2 Å². The summed E-state index contributed by atoms with van der Waals surface area (Å²) >= 11 is 0. The molecular formula is C20H24FN3O3. The van der Waals surface area contributed by atoms with Gasteiger partial charge in [-0.05, 0) is 63.5 Å². The van der Waals surface area contributed by atoms with Gasteiger partial charge in [0.15, 0.2) is 0 Å². The molecule has 1 amide bonds. The van der Waals surface area contributed by atoms with Crippen molar-refractivity contribution in [2.45, 2.75) is 6.92 Å². The number of likely N-dealkylation sites (N-methyl/N-ethyl adjacent to an activating group) is 2. The third-order valence-electron chi connectivity index (χ3n) is 4.14. The molecule has 0 aliphatic heterocycles. The van der Waals surface area contributed by atoms with E-state index in [2.05, 4.69) is 10.2 Å². The molecule has 2 N–H and O–H groups in total. The van der Waals surface area contributed by atoms with E-state index in [4.69, 9.17) is 0 Å². The van der Waals surface area contributed by atoms with Gasteiger partial charge in [0.05, 0.1) is 16.9 Å². The fraction of sp³-hybridized carbons (Fsp3) is 0.300. The number of nitrogens with one attached hydrogen (secondary N) is 1. The summed E-state index contributed by atoms with van der Waals surface area (Å²) in [5.41, 5.74) is 1.51. The smallest absolute Gasteiger partial charge is 0.335 e. The van der Waals surface area contributed by atoms with Gasteiger partial charge in [-0.3, -0.25) is 4.79 Å². The Labute approximate surface area is 158 Å². The quantitative estimate of drug-likeness (QED) is 0.744. The van der Waals surface area contributed by atoms with Gasteiger partial charge in [0.2, 0.25) is 0 Å². The highest BCUT2D eigenvalue weighted by Gasteiger charge is 2.16. The number of halogens is 1. The highest BCUT2D eigenvalue weighted by molar-refractivity contribution is 6.06. The van der Waals surface area contributed by atoms with Crippen LogP contribution < -0.4 is 10.2 Å². The molecule has 0 aliphatic rings. The van der Waals surface area contributed by atoms with E-state index in [1.165, 1.54) is 36.4 Å². The van der Waals surface area contributed by atoms with Gasteiger partial charge >= 0.3 is 5.97 Å². The molecule has 0 fully saturated rings. The van der Waals surface area contributed by atoms with E-state index in [9.17, 15) is 19.1 Å². The first-order chi connectivity index (χ1) is 12.8. The summed E-state index contributed by atoms with van der Waals surface area (Å²) in [4.78, 5) is 28.0. The predicted molar refractivity (Wildman–Crippen MR) is 104 cm³/mol. The SMILES string of the molecule is CCN(CCN(C)C)c1ccc(C(=O)O)cc1NC(=O)c1ccc(F)cc1. The maximum atomic E-state index is 13.1. The number of carboxylic acid groups (broad SMARTS) is 1. The fourth-order valence-corrected chi connectivity index (χ4v) is 2.61. The fourth-order valence-electron chi connectivity index (χ4n) is 2.61. The minimum Gasteiger partial charge on any atom is -0.478 e. The lowest BCUT2D eigenvalue weighted by atomic mass is 10.1. The van der Waals surface area contributed by atoms with Crippen LogP contribution in [-0.2, 0) is 0 Å². The Kier molecular flexibility index (Phi) is 6.90. The number of carbonyl (C=O) groups excluding carboxylic acids is 1. The number of carbonyl (C=O) groups is 2. The average Bonchev–Trinajstić information content (AvgIpc) is 2.63. The van der Waals surface area contributed by atoms with Crippen molar-refractivity contribution in [3.05, 3.63) is 59.4 Å². The molecule has 6 nitrogen and oxygen atoms in total. The molecule has 2 aromatic carbocycles. The third-order valence-corrected chi connectivity index (χ3v) is 4.14. The van der Waals surface area contributed by atoms with Crippen LogP contribution in [0.3, 0.4) is 0 Å². The Morgan fingerprint density at radius 2 is 1.67 bits per heavy atom. The van der Waals surface area contributed by atoms with E-state index in [1.54, 1.807) is 6.07 Å². The zero-order chi connectivity index (χ0) is 20.0. The first kappa shape index (κ1) is 20.4. The monoisotopic (exact) mass is 373 g/mol. The maximum Gasteiger partial charge on any atom is 0.335 e. The third kappa shape index (κ3) is 5.52. The van der Waals surface area contributed by atoms with Crippen molar-refractivity contribution in [2.75, 3.05) is 43.9 Å². The summed E-state index contributed by atoms with van der Waals surface area (Å²) in [5, 5.41) is 12.0. The molecule has 7 heteroatoms. The van der Waals surface area contributed by atoms with Crippen LogP contribution in [0.1, 0.15) is 27.6 Å². The molecule has 0 aliphatic carbocycles. The van der Waals surface area contributed by atoms with Crippen LogP contribution in [0.5, 0.6) is 0 Å². The number of carboxylic acids is 1. The summed E-state index contributed by atoms with van der Waals surface area (Å²) in [5.74, 6) is -1.93. The number of hydrogen-bond donors (Lipinski definition) is 2. The van der Waals surface area contributed by atoms with Crippen molar-refractivity contribution in [1.82, 2.24) is 4.90 Å². The maximum absolute atomic E-state index is 13.1. The lowest BCUT2D eigenvalue weighted by Crippen LogP contribution is -2.32. The molecule has 27 heavy (non-hydrogen) atoms. The molecule has 144 valence electrons. The van der Waals surface area contributed by atoms with Crippen molar-refractivity contribution in [1.29, 1.82) is 0 Å². The van der Waals surface area contributed by atoms with E-state index in [-0.39, 0.29) is 5.56 Å². The van der Waals surface area contributed by atoms with Crippen molar-refractivity contribution < 1.29 is 19.1 Å². The van der Waals surface area contributed by atoms with Gasteiger partial charge in [0.1, 0.15) is 5.82 Å². The number of nitrogens with zero attached hydrogens (tertiary/aromatic N) is 2. The van der Waals surface area contributed by atoms with Crippen LogP contribution in [0.15, 0.2) is 42.5 Å². The van der Waals surface area contributed by atoms with Gasteiger partial charge in [0.25, 0.3) is 5.91 Å². The molecule has 0 saturated carbocycles. The number of hydrogen-bond acceptors (Lipinski definition) is 4. The second-order valence-electron chi connectivity index (χ2n) is 6.38. The minimum atomic E-state index is -1.07. The lowest BCUT2D eigenvalue weighted by Gasteiger charge is -2.27. The largest absolute Gasteiger partial charge is 0.478 e. The normalized spacial score (nSPS) is 10.7. The molecule has 0 bridgehead atoms. The van der Waals surface area contributed by atoms with E-state index in [0.717, 1.165) is 18.8 Å². The van der Waals surface area contributed by atoms with Crippen LogP contribution in [0.25, 0.3) is 0 Å². The van der Waals surface area contributed by atoms with E-state index >= 15 is 0 Å². The van der Waals surface area contributed by atoms with Crippen LogP contribution in [0.4, 0.5) is 15.8 Å². The van der Waals surface area contributed by atoms with Crippen LogP contribution in [0.2, 0.25) is 0 Å². The zero-order valence-electron chi connectivity index (χ0n) is 15.7. The molecule has 0 aromatic heterocycles. The molecular weight excluding hydrogens is 349 g/mol. The molecule has 0 heterocycles. The van der Waals surface area contributed by atoms with E-state index < -0.39 is 17.7 Å². The summed E-state index contributed by atoms with van der Waals surface area (Å²) in [6.07, 6.45) is 0. The summed E-state index contributed by atoms with van der Waals surface area (Å²) in [6.45, 7) is 4.21. The van der Waals surface area contributed by atoms with Gasteiger partial charge in [0, 0.05) is 25.2 Å². The zero-order valence-corrected chi connectivity index (χ0v) is 15.7. The van der Waals surface area contributed by atoms with Gasteiger partial charge in [-0.2, -0.15) is 0 Å². The average molecular weight is 373 g/mol. The van der Waals surface area contributed by atoms with E-state index in [1.807, 2.05) is 25.9 Å². The first-order valence-electron chi connectivity index (χ1n) is 8.65. The Hall–Kier alpha value is -2.93. The van der Waals surface area contributed by atoms with Gasteiger partial charge in [-0.1, -0.05) is 0 Å². The Morgan fingerprint density at radius 3 is 2.22 bits per heavy atom. The topological polar surface area (TPSA) is 72.9 Å². The number of rotatable bonds is 8. The molecule has 2 aromatic rings. The van der Waals surface area contributed by atoms with Crippen molar-refractivity contribution in [3.63, 3.8) is 0 Å². The minimum absolute atomic E-state index is 0.0804. The molecule has 0 spiro atoms. The highest BCUT2D eigenvalue weighted by atomic mass is 19.1. The Morgan fingerprint density at radius 1 is 1.04 bits per heavy atom. The van der Waals surface area contributed by atoms with Crippen molar-refractivity contribution in [2.24, 2.45) is 0 Å². The predicted octanol–water partition coefficient (Wildman–Crippen LogP) is 3.16. The summed E-state index contributed by atoms with van der Waals surface area (Å²) < 4.78 is 13.1. The molecule has 0 unspecified atom stereocenters. The second-order valence-corrected chi connectivity index (χ2v) is 6.38. The Balaban J connectivity index is 2.35. The molecule has 0 saturated heterocycles. The van der Waals surface area contributed by atoms with Crippen molar-refractivity contribution in [3.8, 4) is 0 Å². The Bertz CT molecular complexity index is 807. The number of amides is 1.